The van der Waals surface area contributed by atoms with Crippen molar-refractivity contribution in [3.63, 3.8) is 0 Å². The molecule has 2 amide bonds. The van der Waals surface area contributed by atoms with E-state index in [0.29, 0.717) is 25.7 Å². The largest absolute Gasteiger partial charge is 0.481 e. The molecule has 0 radical (unpaired) electrons. The third-order valence-electron chi connectivity index (χ3n) is 4.42. The first-order valence-corrected chi connectivity index (χ1v) is 8.16. The summed E-state index contributed by atoms with van der Waals surface area (Å²) in [5, 5.41) is 14.7. The van der Waals surface area contributed by atoms with Crippen molar-refractivity contribution in [1.29, 1.82) is 0 Å². The number of hydrogen-bond donors (Lipinski definition) is 3. The zero-order chi connectivity index (χ0) is 17.0. The van der Waals surface area contributed by atoms with Crippen LogP contribution < -0.4 is 10.6 Å². The van der Waals surface area contributed by atoms with Crippen LogP contribution in [0.25, 0.3) is 0 Å². The van der Waals surface area contributed by atoms with Crippen molar-refractivity contribution in [1.82, 2.24) is 5.32 Å². The molecule has 0 unspecified atom stereocenters. The van der Waals surface area contributed by atoms with Gasteiger partial charge in [-0.1, -0.05) is 32.9 Å². The molecule has 0 heterocycles. The van der Waals surface area contributed by atoms with Crippen LogP contribution in [0.3, 0.4) is 0 Å². The van der Waals surface area contributed by atoms with E-state index in [9.17, 15) is 9.59 Å². The van der Waals surface area contributed by atoms with E-state index in [1.165, 1.54) is 5.56 Å². The Balaban J connectivity index is 1.82. The van der Waals surface area contributed by atoms with Gasteiger partial charge in [-0.3, -0.25) is 4.79 Å². The van der Waals surface area contributed by atoms with Crippen LogP contribution in [0.1, 0.15) is 52.0 Å². The minimum absolute atomic E-state index is 0.0550. The molecule has 0 aromatic heterocycles. The van der Waals surface area contributed by atoms with Gasteiger partial charge in [-0.2, -0.15) is 0 Å². The summed E-state index contributed by atoms with van der Waals surface area (Å²) in [4.78, 5) is 23.0. The van der Waals surface area contributed by atoms with Gasteiger partial charge < -0.3 is 15.7 Å². The number of nitrogens with one attached hydrogen (secondary N) is 2. The Bertz CT molecular complexity index is 553. The number of carboxylic acid groups (broad SMARTS) is 1. The number of rotatable bonds is 3. The van der Waals surface area contributed by atoms with Crippen molar-refractivity contribution in [3.8, 4) is 0 Å². The van der Waals surface area contributed by atoms with Crippen molar-refractivity contribution >= 4 is 17.7 Å². The summed E-state index contributed by atoms with van der Waals surface area (Å²) in [5.74, 6) is -0.993. The van der Waals surface area contributed by atoms with Gasteiger partial charge in [-0.25, -0.2) is 4.79 Å². The first-order chi connectivity index (χ1) is 10.8. The number of hydrogen-bond acceptors (Lipinski definition) is 2. The van der Waals surface area contributed by atoms with E-state index in [0.717, 1.165) is 5.69 Å². The average Bonchev–Trinajstić information content (AvgIpc) is 2.47. The summed E-state index contributed by atoms with van der Waals surface area (Å²) in [6, 6.07) is 7.68. The van der Waals surface area contributed by atoms with Crippen molar-refractivity contribution in [3.05, 3.63) is 29.8 Å². The summed E-state index contributed by atoms with van der Waals surface area (Å²) < 4.78 is 0. The molecule has 126 valence electrons. The number of urea groups is 1. The van der Waals surface area contributed by atoms with Crippen LogP contribution >= 0.6 is 0 Å². The van der Waals surface area contributed by atoms with E-state index in [2.05, 4.69) is 31.4 Å². The highest BCUT2D eigenvalue weighted by atomic mass is 16.4. The van der Waals surface area contributed by atoms with Crippen LogP contribution in [0.15, 0.2) is 24.3 Å². The lowest BCUT2D eigenvalue weighted by molar-refractivity contribution is -0.142. The molecular formula is C18H26N2O3. The molecule has 1 aromatic rings. The molecule has 1 saturated carbocycles. The number of carbonyl (C=O) groups is 2. The number of anilines is 1. The molecule has 2 rings (SSSR count). The normalized spacial score (nSPS) is 21.5. The third-order valence-corrected chi connectivity index (χ3v) is 4.42. The van der Waals surface area contributed by atoms with Gasteiger partial charge in [0.15, 0.2) is 0 Å². The molecule has 5 heteroatoms. The quantitative estimate of drug-likeness (QED) is 0.794. The number of amides is 2. The summed E-state index contributed by atoms with van der Waals surface area (Å²) in [6.45, 7) is 6.45. The maximum Gasteiger partial charge on any atom is 0.319 e. The minimum atomic E-state index is -0.730. The number of carbonyl (C=O) groups excluding carboxylic acids is 1. The Labute approximate surface area is 137 Å². The first kappa shape index (κ1) is 17.3. The smallest absolute Gasteiger partial charge is 0.319 e. The summed E-state index contributed by atoms with van der Waals surface area (Å²) >= 11 is 0. The van der Waals surface area contributed by atoms with Crippen molar-refractivity contribution in [2.75, 3.05) is 5.32 Å². The standard InChI is InChI=1S/C18H26N2O3/c1-18(2,3)13-6-10-15(11-7-13)20-17(23)19-14-8-4-12(5-9-14)16(21)22/h6-7,10-12,14H,4-5,8-9H2,1-3H3,(H,21,22)(H2,19,20,23). The Hall–Kier alpha value is -2.04. The second-order valence-electron chi connectivity index (χ2n) is 7.31. The van der Waals surface area contributed by atoms with Gasteiger partial charge in [-0.05, 0) is 48.8 Å². The van der Waals surface area contributed by atoms with Crippen molar-refractivity contribution < 1.29 is 14.7 Å². The molecule has 1 fully saturated rings. The van der Waals surface area contributed by atoms with E-state index < -0.39 is 5.97 Å². The fraction of sp³-hybridized carbons (Fsp3) is 0.556. The summed E-state index contributed by atoms with van der Waals surface area (Å²) in [6.07, 6.45) is 2.68. The Morgan fingerprint density at radius 2 is 1.61 bits per heavy atom. The summed E-state index contributed by atoms with van der Waals surface area (Å²) in [5.41, 5.74) is 2.06. The molecule has 0 saturated heterocycles. The summed E-state index contributed by atoms with van der Waals surface area (Å²) in [7, 11) is 0. The maximum absolute atomic E-state index is 12.0. The van der Waals surface area contributed by atoms with E-state index in [1.807, 2.05) is 24.3 Å². The topological polar surface area (TPSA) is 78.4 Å². The molecule has 0 bridgehead atoms. The van der Waals surface area contributed by atoms with Gasteiger partial charge in [-0.15, -0.1) is 0 Å². The zero-order valence-corrected chi connectivity index (χ0v) is 14.1. The monoisotopic (exact) mass is 318 g/mol. The first-order valence-electron chi connectivity index (χ1n) is 8.16. The molecular weight excluding hydrogens is 292 g/mol. The molecule has 1 aliphatic carbocycles. The molecule has 0 aliphatic heterocycles. The number of aliphatic carboxylic acids is 1. The predicted octanol–water partition coefficient (Wildman–Crippen LogP) is 3.75. The Kier molecular flexibility index (Phi) is 5.29. The molecule has 0 spiro atoms. The minimum Gasteiger partial charge on any atom is -0.481 e. The van der Waals surface area contributed by atoms with Crippen LogP contribution in [0, 0.1) is 5.92 Å². The lowest BCUT2D eigenvalue weighted by atomic mass is 9.86. The van der Waals surface area contributed by atoms with Gasteiger partial charge >= 0.3 is 12.0 Å². The maximum atomic E-state index is 12.0. The highest BCUT2D eigenvalue weighted by molar-refractivity contribution is 5.89. The number of benzene rings is 1. The Morgan fingerprint density at radius 1 is 1.04 bits per heavy atom. The molecule has 1 aliphatic rings. The third kappa shape index (κ3) is 4.98. The van der Waals surface area contributed by atoms with Crippen molar-refractivity contribution in [2.45, 2.75) is 57.9 Å². The SMILES string of the molecule is CC(C)(C)c1ccc(NC(=O)NC2CCC(C(=O)O)CC2)cc1. The molecule has 5 nitrogen and oxygen atoms in total. The predicted molar refractivity (Wildman–Crippen MR) is 90.7 cm³/mol. The average molecular weight is 318 g/mol. The van der Waals surface area contributed by atoms with Gasteiger partial charge in [0, 0.05) is 11.7 Å². The zero-order valence-electron chi connectivity index (χ0n) is 14.1. The van der Waals surface area contributed by atoms with Crippen LogP contribution in [0.5, 0.6) is 0 Å². The van der Waals surface area contributed by atoms with Crippen LogP contribution in [0.4, 0.5) is 10.5 Å². The lowest BCUT2D eigenvalue weighted by Crippen LogP contribution is -2.40. The van der Waals surface area contributed by atoms with Crippen LogP contribution in [0.2, 0.25) is 0 Å². The second kappa shape index (κ2) is 7.02. The van der Waals surface area contributed by atoms with E-state index in [-0.39, 0.29) is 23.4 Å². The fourth-order valence-corrected chi connectivity index (χ4v) is 2.89. The van der Waals surface area contributed by atoms with E-state index >= 15 is 0 Å². The molecule has 23 heavy (non-hydrogen) atoms. The number of carboxylic acids is 1. The van der Waals surface area contributed by atoms with Gasteiger partial charge in [0.2, 0.25) is 0 Å². The fourth-order valence-electron chi connectivity index (χ4n) is 2.89. The van der Waals surface area contributed by atoms with Crippen molar-refractivity contribution in [2.24, 2.45) is 5.92 Å². The van der Waals surface area contributed by atoms with Gasteiger partial charge in [0.05, 0.1) is 5.92 Å². The highest BCUT2D eigenvalue weighted by Gasteiger charge is 2.26. The highest BCUT2D eigenvalue weighted by Crippen LogP contribution is 2.25. The lowest BCUT2D eigenvalue weighted by Gasteiger charge is -2.26. The van der Waals surface area contributed by atoms with Crippen LogP contribution in [-0.2, 0) is 10.2 Å². The van der Waals surface area contributed by atoms with Gasteiger partial charge in [0.25, 0.3) is 0 Å². The Morgan fingerprint density at radius 3 is 2.09 bits per heavy atom. The van der Waals surface area contributed by atoms with E-state index in [1.54, 1.807) is 0 Å². The molecule has 1 aromatic carbocycles. The second-order valence-corrected chi connectivity index (χ2v) is 7.31. The molecule has 3 N–H and O–H groups in total. The molecule has 0 atom stereocenters. The van der Waals surface area contributed by atoms with Crippen LogP contribution in [-0.4, -0.2) is 23.1 Å². The van der Waals surface area contributed by atoms with Gasteiger partial charge in [0.1, 0.15) is 0 Å². The van der Waals surface area contributed by atoms with E-state index in [4.69, 9.17) is 5.11 Å².